The van der Waals surface area contributed by atoms with Crippen LogP contribution in [0.1, 0.15) is 25.0 Å². The maximum Gasteiger partial charge on any atom is 0.515 e. The number of nitrogens with zero attached hydrogens (tertiary/aromatic N) is 1. The average Bonchev–Trinajstić information content (AvgIpc) is 3.17. The van der Waals surface area contributed by atoms with Crippen molar-refractivity contribution in [3.05, 3.63) is 64.8 Å². The number of rotatable bonds is 8. The highest BCUT2D eigenvalue weighted by atomic mass is 35.5. The molecule has 7 nitrogen and oxygen atoms in total. The largest absolute Gasteiger partial charge is 0.515 e. The van der Waals surface area contributed by atoms with Crippen molar-refractivity contribution in [2.24, 2.45) is 5.92 Å². The average molecular weight is 469 g/mol. The number of methoxy groups -OCH3 is 1. The van der Waals surface area contributed by atoms with E-state index in [1.165, 1.54) is 0 Å². The lowest BCUT2D eigenvalue weighted by Crippen LogP contribution is -2.16. The van der Waals surface area contributed by atoms with Gasteiger partial charge in [-0.2, -0.15) is 0 Å². The van der Waals surface area contributed by atoms with Gasteiger partial charge < -0.3 is 23.9 Å². The number of ether oxygens (including phenoxy) is 4. The lowest BCUT2D eigenvalue weighted by Gasteiger charge is -2.12. The molecule has 0 aliphatic rings. The Morgan fingerprint density at radius 3 is 2.67 bits per heavy atom. The minimum atomic E-state index is -0.801. The second kappa shape index (κ2) is 10.1. The second-order valence-corrected chi connectivity index (χ2v) is 8.48. The predicted molar refractivity (Wildman–Crippen MR) is 127 cm³/mol. The van der Waals surface area contributed by atoms with Crippen LogP contribution in [0.25, 0.3) is 21.8 Å². The Hall–Kier alpha value is -3.29. The van der Waals surface area contributed by atoms with Crippen molar-refractivity contribution in [3.8, 4) is 11.6 Å². The molecule has 8 heteroatoms. The number of aromatic amines is 1. The van der Waals surface area contributed by atoms with Gasteiger partial charge in [-0.1, -0.05) is 43.6 Å². The molecule has 4 aromatic rings. The van der Waals surface area contributed by atoms with Crippen molar-refractivity contribution in [2.75, 3.05) is 13.7 Å². The summed E-state index contributed by atoms with van der Waals surface area (Å²) in [6, 6.07) is 13.3. The molecule has 0 amide bonds. The van der Waals surface area contributed by atoms with Crippen molar-refractivity contribution in [1.29, 1.82) is 0 Å². The summed E-state index contributed by atoms with van der Waals surface area (Å²) in [5, 5.41) is 2.32. The summed E-state index contributed by atoms with van der Waals surface area (Å²) in [6.07, 6.45) is 0.825. The highest BCUT2D eigenvalue weighted by molar-refractivity contribution is 6.30. The molecular weight excluding hydrogens is 444 g/mol. The van der Waals surface area contributed by atoms with Crippen LogP contribution in [0.5, 0.6) is 11.6 Å². The van der Waals surface area contributed by atoms with E-state index < -0.39 is 6.16 Å². The van der Waals surface area contributed by atoms with E-state index in [1.54, 1.807) is 13.3 Å². The van der Waals surface area contributed by atoms with Crippen LogP contribution in [-0.2, 0) is 22.7 Å². The molecule has 0 fully saturated rings. The lowest BCUT2D eigenvalue weighted by molar-refractivity contribution is 0.0858. The molecule has 0 aliphatic heterocycles. The Balaban J connectivity index is 1.74. The Bertz CT molecular complexity index is 1280. The third kappa shape index (κ3) is 5.21. The van der Waals surface area contributed by atoms with E-state index in [-0.39, 0.29) is 25.0 Å². The molecule has 0 bridgehead atoms. The highest BCUT2D eigenvalue weighted by Gasteiger charge is 2.20. The SMILES string of the molecule is COCc1c(OC(=O)OCC(C)C)ncc2[nH]c3cccc(OCc4cccc(Cl)c4)c3c12. The molecule has 0 spiro atoms. The number of carbonyl (C=O) groups is 1. The first-order valence-corrected chi connectivity index (χ1v) is 11.0. The van der Waals surface area contributed by atoms with Gasteiger partial charge in [0, 0.05) is 22.9 Å². The van der Waals surface area contributed by atoms with Crippen LogP contribution in [0.3, 0.4) is 0 Å². The molecule has 33 heavy (non-hydrogen) atoms. The van der Waals surface area contributed by atoms with Gasteiger partial charge in [-0.25, -0.2) is 9.78 Å². The maximum absolute atomic E-state index is 12.2. The minimum Gasteiger partial charge on any atom is -0.488 e. The Kier molecular flexibility index (Phi) is 7.01. The van der Waals surface area contributed by atoms with Crippen LogP contribution in [0.15, 0.2) is 48.7 Å². The van der Waals surface area contributed by atoms with Gasteiger partial charge in [0.05, 0.1) is 36.0 Å². The van der Waals surface area contributed by atoms with Gasteiger partial charge in [0.1, 0.15) is 12.4 Å². The fourth-order valence-corrected chi connectivity index (χ4v) is 3.78. The van der Waals surface area contributed by atoms with Crippen molar-refractivity contribution in [3.63, 3.8) is 0 Å². The molecule has 0 aliphatic carbocycles. The van der Waals surface area contributed by atoms with Crippen LogP contribution in [-0.4, -0.2) is 29.8 Å². The van der Waals surface area contributed by atoms with E-state index in [9.17, 15) is 4.79 Å². The molecule has 0 saturated heterocycles. The minimum absolute atomic E-state index is 0.142. The summed E-state index contributed by atoms with van der Waals surface area (Å²) in [5.74, 6) is 1.01. The van der Waals surface area contributed by atoms with E-state index in [0.717, 1.165) is 27.4 Å². The first kappa shape index (κ1) is 22.9. The molecule has 172 valence electrons. The van der Waals surface area contributed by atoms with Crippen molar-refractivity contribution in [2.45, 2.75) is 27.1 Å². The third-order valence-electron chi connectivity index (χ3n) is 4.97. The topological polar surface area (TPSA) is 82.7 Å². The van der Waals surface area contributed by atoms with Crippen LogP contribution in [0.2, 0.25) is 5.02 Å². The quantitative estimate of drug-likeness (QED) is 0.307. The number of hydrogen-bond acceptors (Lipinski definition) is 6. The zero-order valence-electron chi connectivity index (χ0n) is 18.7. The molecule has 4 rings (SSSR count). The zero-order valence-corrected chi connectivity index (χ0v) is 19.4. The highest BCUT2D eigenvalue weighted by Crippen LogP contribution is 2.38. The number of aromatic nitrogens is 2. The van der Waals surface area contributed by atoms with Crippen LogP contribution >= 0.6 is 11.6 Å². The number of carbonyl (C=O) groups excluding carboxylic acids is 1. The number of hydrogen-bond donors (Lipinski definition) is 1. The monoisotopic (exact) mass is 468 g/mol. The molecule has 0 atom stereocenters. The maximum atomic E-state index is 12.2. The molecule has 0 unspecified atom stereocenters. The summed E-state index contributed by atoms with van der Waals surface area (Å²) in [4.78, 5) is 19.9. The van der Waals surface area contributed by atoms with E-state index in [0.29, 0.717) is 22.9 Å². The number of H-pyrrole nitrogens is 1. The summed E-state index contributed by atoms with van der Waals surface area (Å²) >= 11 is 6.10. The predicted octanol–water partition coefficient (Wildman–Crippen LogP) is 6.27. The van der Waals surface area contributed by atoms with Crippen molar-refractivity contribution in [1.82, 2.24) is 9.97 Å². The zero-order chi connectivity index (χ0) is 23.4. The molecule has 1 N–H and O–H groups in total. The lowest BCUT2D eigenvalue weighted by atomic mass is 10.1. The fourth-order valence-electron chi connectivity index (χ4n) is 3.57. The van der Waals surface area contributed by atoms with Crippen molar-refractivity contribution < 1.29 is 23.7 Å². The third-order valence-corrected chi connectivity index (χ3v) is 5.21. The summed E-state index contributed by atoms with van der Waals surface area (Å²) in [6.45, 7) is 4.69. The van der Waals surface area contributed by atoms with E-state index in [4.69, 9.17) is 30.5 Å². The molecule has 2 heterocycles. The van der Waals surface area contributed by atoms with E-state index >= 15 is 0 Å². The van der Waals surface area contributed by atoms with Gasteiger partial charge in [0.2, 0.25) is 5.88 Å². The summed E-state index contributed by atoms with van der Waals surface area (Å²) in [5.41, 5.74) is 3.22. The van der Waals surface area contributed by atoms with Crippen molar-refractivity contribution >= 4 is 39.6 Å². The van der Waals surface area contributed by atoms with Crippen LogP contribution in [0.4, 0.5) is 4.79 Å². The molecule has 2 aromatic heterocycles. The second-order valence-electron chi connectivity index (χ2n) is 8.04. The molecule has 0 radical (unpaired) electrons. The number of nitrogens with one attached hydrogen (secondary N) is 1. The van der Waals surface area contributed by atoms with Gasteiger partial charge in [-0.3, -0.25) is 0 Å². The first-order chi connectivity index (χ1) is 16.0. The van der Waals surface area contributed by atoms with E-state index in [1.807, 2.05) is 56.3 Å². The molecule has 0 saturated carbocycles. The van der Waals surface area contributed by atoms with Gasteiger partial charge in [-0.15, -0.1) is 0 Å². The Labute approximate surface area is 196 Å². The standard InChI is InChI=1S/C25H25ClN2O5/c1-15(2)12-32-25(29)33-24-18(14-30-3)22-20(11-27-24)28-19-8-5-9-21(23(19)22)31-13-16-6-4-7-17(26)10-16/h4-11,15,28H,12-14H2,1-3H3. The summed E-state index contributed by atoms with van der Waals surface area (Å²) in [7, 11) is 1.57. The Morgan fingerprint density at radius 2 is 1.91 bits per heavy atom. The summed E-state index contributed by atoms with van der Waals surface area (Å²) < 4.78 is 22.2. The molecular formula is C25H25ClN2O5. The van der Waals surface area contributed by atoms with Crippen LogP contribution in [0, 0.1) is 5.92 Å². The van der Waals surface area contributed by atoms with Gasteiger partial charge in [0.15, 0.2) is 0 Å². The van der Waals surface area contributed by atoms with E-state index in [2.05, 4.69) is 9.97 Å². The van der Waals surface area contributed by atoms with Gasteiger partial charge in [-0.05, 0) is 35.7 Å². The number of pyridine rings is 1. The number of fused-ring (bicyclic) bond motifs is 3. The number of halogens is 1. The van der Waals surface area contributed by atoms with Crippen LogP contribution < -0.4 is 9.47 Å². The Morgan fingerprint density at radius 1 is 1.09 bits per heavy atom. The number of benzene rings is 2. The smallest absolute Gasteiger partial charge is 0.488 e. The fraction of sp³-hybridized carbons (Fsp3) is 0.280. The van der Waals surface area contributed by atoms with Gasteiger partial charge >= 0.3 is 6.16 Å². The first-order valence-electron chi connectivity index (χ1n) is 10.6. The molecule has 2 aromatic carbocycles. The normalized spacial score (nSPS) is 11.3. The van der Waals surface area contributed by atoms with Gasteiger partial charge in [0.25, 0.3) is 0 Å².